The van der Waals surface area contributed by atoms with Gasteiger partial charge in [0, 0.05) is 16.7 Å². The first-order valence-corrected chi connectivity index (χ1v) is 12.7. The summed E-state index contributed by atoms with van der Waals surface area (Å²) < 4.78 is 15.4. The molecule has 4 rings (SSSR count). The van der Waals surface area contributed by atoms with Crippen molar-refractivity contribution in [2.24, 2.45) is 0 Å². The minimum Gasteiger partial charge on any atom is -0.454 e. The highest BCUT2D eigenvalue weighted by atomic mass is 16.5. The lowest BCUT2D eigenvalue weighted by atomic mass is 10.1. The van der Waals surface area contributed by atoms with Crippen LogP contribution in [0.4, 0.5) is 0 Å². The van der Waals surface area contributed by atoms with Gasteiger partial charge in [-0.1, -0.05) is 91.0 Å². The van der Waals surface area contributed by atoms with E-state index in [-0.39, 0.29) is 16.7 Å². The van der Waals surface area contributed by atoms with E-state index in [0.29, 0.717) is 16.7 Å². The number of esters is 3. The lowest BCUT2D eigenvalue weighted by Gasteiger charge is -2.10. The van der Waals surface area contributed by atoms with Crippen molar-refractivity contribution in [3.63, 3.8) is 0 Å². The monoisotopic (exact) mass is 564 g/mol. The first-order chi connectivity index (χ1) is 20.3. The maximum Gasteiger partial charge on any atom is 0.338 e. The predicted molar refractivity (Wildman–Crippen MR) is 150 cm³/mol. The van der Waals surface area contributed by atoms with Crippen LogP contribution in [0.3, 0.4) is 0 Å². The maximum absolute atomic E-state index is 12.8. The number of Topliss-reactive ketones (excluding diaryl/α,β-unsaturated/α-hetero) is 3. The van der Waals surface area contributed by atoms with Crippen LogP contribution in [0, 0.1) is 0 Å². The van der Waals surface area contributed by atoms with E-state index >= 15 is 0 Å². The Kier molecular flexibility index (Phi) is 9.82. The van der Waals surface area contributed by atoms with Crippen molar-refractivity contribution in [2.45, 2.75) is 0 Å². The van der Waals surface area contributed by atoms with E-state index in [4.69, 9.17) is 14.2 Å². The fourth-order valence-electron chi connectivity index (χ4n) is 3.75. The number of benzene rings is 4. The molecule has 0 aliphatic heterocycles. The molecule has 0 spiro atoms. The fraction of sp³-hybridized carbons (Fsp3) is 0.0909. The molecule has 0 heterocycles. The lowest BCUT2D eigenvalue weighted by Crippen LogP contribution is -2.19. The van der Waals surface area contributed by atoms with Gasteiger partial charge in [-0.3, -0.25) is 14.4 Å². The van der Waals surface area contributed by atoms with Gasteiger partial charge < -0.3 is 14.2 Å². The highest BCUT2D eigenvalue weighted by Crippen LogP contribution is 2.16. The number of carbonyl (C=O) groups is 6. The summed E-state index contributed by atoms with van der Waals surface area (Å²) in [4.78, 5) is 75.7. The van der Waals surface area contributed by atoms with E-state index in [9.17, 15) is 28.8 Å². The zero-order chi connectivity index (χ0) is 29.9. The van der Waals surface area contributed by atoms with E-state index in [1.165, 1.54) is 0 Å². The van der Waals surface area contributed by atoms with Crippen molar-refractivity contribution in [3.05, 3.63) is 143 Å². The number of hydrogen-bond acceptors (Lipinski definition) is 9. The van der Waals surface area contributed by atoms with Crippen molar-refractivity contribution in [3.8, 4) is 0 Å². The van der Waals surface area contributed by atoms with Crippen LogP contribution >= 0.6 is 0 Å². The number of carbonyl (C=O) groups excluding carboxylic acids is 6. The van der Waals surface area contributed by atoms with Gasteiger partial charge in [-0.05, 0) is 18.2 Å². The van der Waals surface area contributed by atoms with Gasteiger partial charge in [-0.15, -0.1) is 0 Å². The molecule has 42 heavy (non-hydrogen) atoms. The fourth-order valence-corrected chi connectivity index (χ4v) is 3.75. The Hall–Kier alpha value is -5.70. The van der Waals surface area contributed by atoms with Crippen LogP contribution in [0.5, 0.6) is 0 Å². The summed E-state index contributed by atoms with van der Waals surface area (Å²) in [5, 5.41) is 0. The quantitative estimate of drug-likeness (QED) is 0.135. The second kappa shape index (κ2) is 14.1. The third kappa shape index (κ3) is 7.92. The molecule has 0 N–H and O–H groups in total. The summed E-state index contributed by atoms with van der Waals surface area (Å²) in [6.45, 7) is -1.77. The minimum absolute atomic E-state index is 0.249. The third-order valence-corrected chi connectivity index (χ3v) is 5.93. The van der Waals surface area contributed by atoms with Crippen LogP contribution in [0.2, 0.25) is 0 Å². The average Bonchev–Trinajstić information content (AvgIpc) is 3.05. The number of rotatable bonds is 12. The molecule has 0 saturated heterocycles. The number of ketones is 3. The first-order valence-electron chi connectivity index (χ1n) is 12.7. The maximum atomic E-state index is 12.8. The smallest absolute Gasteiger partial charge is 0.338 e. The Morgan fingerprint density at radius 1 is 0.357 bits per heavy atom. The molecule has 0 saturated carbocycles. The van der Waals surface area contributed by atoms with E-state index < -0.39 is 55.1 Å². The van der Waals surface area contributed by atoms with E-state index in [1.807, 2.05) is 0 Å². The van der Waals surface area contributed by atoms with E-state index in [2.05, 4.69) is 0 Å². The molecule has 4 aromatic carbocycles. The molecular weight excluding hydrogens is 540 g/mol. The highest BCUT2D eigenvalue weighted by Gasteiger charge is 2.21. The van der Waals surface area contributed by atoms with Gasteiger partial charge in [0.2, 0.25) is 0 Å². The zero-order valence-corrected chi connectivity index (χ0v) is 22.2. The Balaban J connectivity index is 1.51. The van der Waals surface area contributed by atoms with Gasteiger partial charge in [-0.25, -0.2) is 14.4 Å². The van der Waals surface area contributed by atoms with Crippen LogP contribution < -0.4 is 0 Å². The molecule has 0 unspecified atom stereocenters. The molecule has 0 amide bonds. The van der Waals surface area contributed by atoms with Crippen molar-refractivity contribution in [2.75, 3.05) is 19.8 Å². The van der Waals surface area contributed by atoms with Gasteiger partial charge in [0.25, 0.3) is 0 Å². The normalized spacial score (nSPS) is 10.3. The minimum atomic E-state index is -0.997. The first kappa shape index (κ1) is 29.3. The van der Waals surface area contributed by atoms with Crippen LogP contribution in [0.15, 0.2) is 109 Å². The largest absolute Gasteiger partial charge is 0.454 e. The molecule has 0 bridgehead atoms. The Bertz CT molecular complexity index is 1410. The van der Waals surface area contributed by atoms with Crippen LogP contribution in [-0.2, 0) is 14.2 Å². The van der Waals surface area contributed by atoms with E-state index in [1.54, 1.807) is 91.0 Å². The zero-order valence-electron chi connectivity index (χ0n) is 22.2. The Labute approximate surface area is 240 Å². The summed E-state index contributed by atoms with van der Waals surface area (Å²) in [5.74, 6) is -4.37. The van der Waals surface area contributed by atoms with Crippen molar-refractivity contribution in [1.29, 1.82) is 0 Å². The number of ether oxygens (including phenoxy) is 3. The van der Waals surface area contributed by atoms with Gasteiger partial charge in [0.05, 0.1) is 16.7 Å². The van der Waals surface area contributed by atoms with Crippen LogP contribution in [0.25, 0.3) is 0 Å². The topological polar surface area (TPSA) is 130 Å². The summed E-state index contributed by atoms with van der Waals surface area (Å²) in [6.07, 6.45) is 0. The van der Waals surface area contributed by atoms with E-state index in [0.717, 1.165) is 18.2 Å². The summed E-state index contributed by atoms with van der Waals surface area (Å²) in [5.41, 5.74) is 0.247. The highest BCUT2D eigenvalue weighted by molar-refractivity contribution is 6.04. The van der Waals surface area contributed by atoms with Gasteiger partial charge in [-0.2, -0.15) is 0 Å². The molecule has 0 aromatic heterocycles. The molecule has 0 atom stereocenters. The van der Waals surface area contributed by atoms with Crippen molar-refractivity contribution in [1.82, 2.24) is 0 Å². The third-order valence-electron chi connectivity index (χ3n) is 5.93. The van der Waals surface area contributed by atoms with Gasteiger partial charge in [0.1, 0.15) is 0 Å². The molecule has 4 aromatic rings. The predicted octanol–water partition coefficient (Wildman–Crippen LogP) is 4.81. The molecule has 9 heteroatoms. The molecular formula is C33H24O9. The summed E-state index contributed by atoms with van der Waals surface area (Å²) in [6, 6.07) is 27.9. The molecule has 0 aliphatic rings. The molecule has 0 aliphatic carbocycles. The van der Waals surface area contributed by atoms with Crippen LogP contribution in [0.1, 0.15) is 62.1 Å². The molecule has 210 valence electrons. The van der Waals surface area contributed by atoms with Gasteiger partial charge >= 0.3 is 17.9 Å². The van der Waals surface area contributed by atoms with Crippen molar-refractivity contribution < 1.29 is 43.0 Å². The second-order valence-electron chi connectivity index (χ2n) is 8.90. The molecule has 0 fully saturated rings. The molecule has 9 nitrogen and oxygen atoms in total. The summed E-state index contributed by atoms with van der Waals surface area (Å²) in [7, 11) is 0. The Morgan fingerprint density at radius 2 is 0.595 bits per heavy atom. The van der Waals surface area contributed by atoms with Gasteiger partial charge in [0.15, 0.2) is 37.2 Å². The number of hydrogen-bond donors (Lipinski definition) is 0. The van der Waals surface area contributed by atoms with Crippen LogP contribution in [-0.4, -0.2) is 55.1 Å². The van der Waals surface area contributed by atoms with Crippen molar-refractivity contribution >= 4 is 35.3 Å². The Morgan fingerprint density at radius 3 is 0.833 bits per heavy atom. The molecule has 0 radical (unpaired) electrons. The lowest BCUT2D eigenvalue weighted by molar-refractivity contribution is 0.0461. The second-order valence-corrected chi connectivity index (χ2v) is 8.90. The summed E-state index contributed by atoms with van der Waals surface area (Å²) >= 11 is 0. The SMILES string of the molecule is O=C(COC(=O)c1cc(C(=O)OCC(=O)c2ccccc2)cc(C(=O)OCC(=O)c2ccccc2)c1)c1ccccc1. The average molecular weight is 565 g/mol. The standard InChI is InChI=1S/C33H24O9/c34-28(22-10-4-1-5-11-22)19-40-31(37)25-16-26(32(38)41-20-29(35)23-12-6-2-7-13-23)18-27(17-25)33(39)42-21-30(36)24-14-8-3-9-15-24/h1-18H,19-21H2.